The Morgan fingerprint density at radius 2 is 1.47 bits per heavy atom. The van der Waals surface area contributed by atoms with Crippen LogP contribution in [0.3, 0.4) is 0 Å². The predicted octanol–water partition coefficient (Wildman–Crippen LogP) is 5.38. The number of aromatic nitrogens is 2. The summed E-state index contributed by atoms with van der Waals surface area (Å²) >= 11 is 0. The van der Waals surface area contributed by atoms with Gasteiger partial charge in [0, 0.05) is 35.3 Å². The second kappa shape index (κ2) is 13.3. The Hall–Kier alpha value is -5.09. The summed E-state index contributed by atoms with van der Waals surface area (Å²) in [6, 6.07) is 21.7. The van der Waals surface area contributed by atoms with Crippen LogP contribution in [0.25, 0.3) is 5.69 Å². The van der Waals surface area contributed by atoms with Crippen LogP contribution in [0.5, 0.6) is 11.5 Å². The average Bonchev–Trinajstić information content (AvgIpc) is 3.50. The van der Waals surface area contributed by atoms with Gasteiger partial charge in [-0.2, -0.15) is 0 Å². The normalized spacial score (nSPS) is 10.1. The highest BCUT2D eigenvalue weighted by Gasteiger charge is 2.09. The first kappa shape index (κ1) is 26.0. The van der Waals surface area contributed by atoms with E-state index in [1.165, 1.54) is 0 Å². The van der Waals surface area contributed by atoms with Crippen LogP contribution in [-0.2, 0) is 9.53 Å². The van der Waals surface area contributed by atoms with Gasteiger partial charge in [0.1, 0.15) is 11.5 Å². The third-order valence-corrected chi connectivity index (χ3v) is 5.39. The lowest BCUT2D eigenvalue weighted by molar-refractivity contribution is -0.137. The van der Waals surface area contributed by atoms with Gasteiger partial charge in [-0.1, -0.05) is 18.4 Å². The number of imidazole rings is 1. The number of rotatable bonds is 10. The molecule has 0 aliphatic carbocycles. The van der Waals surface area contributed by atoms with Gasteiger partial charge in [-0.3, -0.25) is 0 Å². The van der Waals surface area contributed by atoms with Crippen molar-refractivity contribution in [3.8, 4) is 29.0 Å². The third-order valence-electron chi connectivity index (χ3n) is 5.39. The number of unbranched alkanes of at least 4 members (excludes halogenated alkanes) is 1. The molecule has 3 aromatic carbocycles. The van der Waals surface area contributed by atoms with E-state index in [4.69, 9.17) is 14.2 Å². The lowest BCUT2D eigenvalue weighted by Crippen LogP contribution is -2.08. The number of hydrogen-bond donors (Lipinski definition) is 0. The van der Waals surface area contributed by atoms with E-state index in [-0.39, 0.29) is 0 Å². The predicted molar refractivity (Wildman–Crippen MR) is 143 cm³/mol. The van der Waals surface area contributed by atoms with E-state index in [2.05, 4.69) is 23.4 Å². The molecule has 0 saturated heterocycles. The topological polar surface area (TPSA) is 79.6 Å². The van der Waals surface area contributed by atoms with Gasteiger partial charge in [0.05, 0.1) is 25.1 Å². The van der Waals surface area contributed by atoms with Gasteiger partial charge in [-0.15, -0.1) is 0 Å². The smallest absolute Gasteiger partial charge is 0.343 e. The van der Waals surface area contributed by atoms with E-state index in [9.17, 15) is 9.59 Å². The summed E-state index contributed by atoms with van der Waals surface area (Å²) in [6.45, 7) is 4.15. The Balaban J connectivity index is 1.23. The Morgan fingerprint density at radius 1 is 0.842 bits per heavy atom. The van der Waals surface area contributed by atoms with Gasteiger partial charge in [0.25, 0.3) is 0 Å². The Morgan fingerprint density at radius 3 is 2.11 bits per heavy atom. The summed E-state index contributed by atoms with van der Waals surface area (Å²) in [5.74, 6) is 6.44. The molecular weight excluding hydrogens is 480 g/mol. The Kier molecular flexibility index (Phi) is 9.08. The largest absolute Gasteiger partial charge is 0.494 e. The number of esters is 2. The first-order valence-corrected chi connectivity index (χ1v) is 12.1. The molecule has 7 heteroatoms. The molecule has 1 heterocycles. The van der Waals surface area contributed by atoms with Crippen molar-refractivity contribution in [3.05, 3.63) is 121 Å². The number of ether oxygens (including phenoxy) is 3. The molecule has 0 aliphatic heterocycles. The lowest BCUT2D eigenvalue weighted by atomic mass is 10.1. The van der Waals surface area contributed by atoms with Crippen LogP contribution < -0.4 is 9.47 Å². The van der Waals surface area contributed by atoms with Crippen molar-refractivity contribution < 1.29 is 23.8 Å². The summed E-state index contributed by atoms with van der Waals surface area (Å²) in [6.07, 6.45) is 7.93. The minimum atomic E-state index is -0.461. The monoisotopic (exact) mass is 506 g/mol. The molecule has 0 atom stereocenters. The summed E-state index contributed by atoms with van der Waals surface area (Å²) in [5, 5.41) is 0. The molecule has 4 rings (SSSR count). The van der Waals surface area contributed by atoms with E-state index in [0.29, 0.717) is 36.7 Å². The van der Waals surface area contributed by atoms with Crippen LogP contribution >= 0.6 is 0 Å². The molecule has 1 aromatic heterocycles. The quantitative estimate of drug-likeness (QED) is 0.0945. The van der Waals surface area contributed by atoms with Gasteiger partial charge in [0.2, 0.25) is 0 Å². The van der Waals surface area contributed by atoms with E-state index in [0.717, 1.165) is 29.3 Å². The zero-order chi connectivity index (χ0) is 26.6. The second-order valence-corrected chi connectivity index (χ2v) is 8.13. The number of nitrogens with zero attached hydrogens (tertiary/aromatic N) is 2. The Bertz CT molecular complexity index is 1410. The minimum absolute atomic E-state index is 0.327. The van der Waals surface area contributed by atoms with Gasteiger partial charge in [0.15, 0.2) is 0 Å². The molecule has 0 spiro atoms. The molecule has 0 unspecified atom stereocenters. The van der Waals surface area contributed by atoms with Crippen LogP contribution in [0.15, 0.2) is 104 Å². The summed E-state index contributed by atoms with van der Waals surface area (Å²) in [5.41, 5.74) is 3.13. The maximum atomic E-state index is 12.5. The number of benzene rings is 3. The highest BCUT2D eigenvalue weighted by atomic mass is 16.5. The maximum Gasteiger partial charge on any atom is 0.343 e. The van der Waals surface area contributed by atoms with Gasteiger partial charge >= 0.3 is 11.9 Å². The number of carbonyl (C=O) groups excluding carboxylic acids is 2. The van der Waals surface area contributed by atoms with Crippen molar-refractivity contribution in [2.75, 3.05) is 13.2 Å². The van der Waals surface area contributed by atoms with Crippen molar-refractivity contribution in [2.45, 2.75) is 12.8 Å². The first-order chi connectivity index (χ1) is 18.6. The molecule has 38 heavy (non-hydrogen) atoms. The van der Waals surface area contributed by atoms with Crippen molar-refractivity contribution in [3.63, 3.8) is 0 Å². The van der Waals surface area contributed by atoms with Crippen LogP contribution in [-0.4, -0.2) is 34.7 Å². The van der Waals surface area contributed by atoms with Crippen molar-refractivity contribution in [1.82, 2.24) is 9.55 Å². The highest BCUT2D eigenvalue weighted by Crippen LogP contribution is 2.17. The molecule has 0 saturated carbocycles. The van der Waals surface area contributed by atoms with E-state index < -0.39 is 11.9 Å². The molecule has 0 amide bonds. The number of hydrogen-bond acceptors (Lipinski definition) is 6. The summed E-state index contributed by atoms with van der Waals surface area (Å²) < 4.78 is 18.0. The summed E-state index contributed by atoms with van der Waals surface area (Å²) in [4.78, 5) is 27.5. The highest BCUT2D eigenvalue weighted by molar-refractivity contribution is 5.91. The average molecular weight is 507 g/mol. The van der Waals surface area contributed by atoms with E-state index >= 15 is 0 Å². The van der Waals surface area contributed by atoms with Crippen LogP contribution in [0, 0.1) is 11.8 Å². The van der Waals surface area contributed by atoms with E-state index in [1.54, 1.807) is 48.9 Å². The Labute approximate surface area is 221 Å². The maximum absolute atomic E-state index is 12.5. The molecule has 190 valence electrons. The molecule has 0 bridgehead atoms. The summed E-state index contributed by atoms with van der Waals surface area (Å²) in [7, 11) is 0. The molecule has 0 aliphatic rings. The molecule has 4 aromatic rings. The van der Waals surface area contributed by atoms with Crippen LogP contribution in [0.2, 0.25) is 0 Å². The number of carbonyl (C=O) groups is 2. The lowest BCUT2D eigenvalue weighted by Gasteiger charge is -2.08. The minimum Gasteiger partial charge on any atom is -0.494 e. The molecule has 0 fully saturated rings. The van der Waals surface area contributed by atoms with Crippen molar-refractivity contribution >= 4 is 11.9 Å². The zero-order valence-corrected chi connectivity index (χ0v) is 20.7. The molecular formula is C31H26N2O5. The standard InChI is InChI=1S/C31H26N2O5/c1-2-30(34)37-22-4-3-21-36-28-17-11-26(12-18-28)31(35)38-29-15-9-25(10-16-29)6-5-24-7-13-27(14-8-24)33-20-19-32-23-33/h2,7-20,23H,1,3-4,21-22H2. The van der Waals surface area contributed by atoms with Crippen molar-refractivity contribution in [1.29, 1.82) is 0 Å². The van der Waals surface area contributed by atoms with Crippen LogP contribution in [0.1, 0.15) is 34.3 Å². The van der Waals surface area contributed by atoms with Gasteiger partial charge in [-0.05, 0) is 85.6 Å². The second-order valence-electron chi connectivity index (χ2n) is 8.13. The van der Waals surface area contributed by atoms with Gasteiger partial charge in [-0.25, -0.2) is 14.6 Å². The molecule has 7 nitrogen and oxygen atoms in total. The fraction of sp³-hybridized carbons (Fsp3) is 0.129. The first-order valence-electron chi connectivity index (χ1n) is 12.1. The van der Waals surface area contributed by atoms with Gasteiger partial charge < -0.3 is 18.8 Å². The zero-order valence-electron chi connectivity index (χ0n) is 20.7. The fourth-order valence-electron chi connectivity index (χ4n) is 3.36. The van der Waals surface area contributed by atoms with Crippen LogP contribution in [0.4, 0.5) is 0 Å². The third kappa shape index (κ3) is 7.70. The van der Waals surface area contributed by atoms with Crippen molar-refractivity contribution in [2.24, 2.45) is 0 Å². The SMILES string of the molecule is C=CC(=O)OCCCCOc1ccc(C(=O)Oc2ccc(C#Cc3ccc(-n4ccnc4)cc3)cc2)cc1. The van der Waals surface area contributed by atoms with E-state index in [1.807, 2.05) is 47.2 Å². The molecule has 0 N–H and O–H groups in total. The fourth-order valence-corrected chi connectivity index (χ4v) is 3.36. The molecule has 0 radical (unpaired) electrons.